The Balaban J connectivity index is 1.47. The lowest BCUT2D eigenvalue weighted by Gasteiger charge is -2.30. The molecule has 0 spiro atoms. The topological polar surface area (TPSA) is 92.3 Å². The highest BCUT2D eigenvalue weighted by atomic mass is 32.2. The first-order chi connectivity index (χ1) is 14.0. The molecule has 0 radical (unpaired) electrons. The van der Waals surface area contributed by atoms with Gasteiger partial charge in [-0.25, -0.2) is 8.42 Å². The monoisotopic (exact) mass is 428 g/mol. The van der Waals surface area contributed by atoms with Crippen molar-refractivity contribution < 1.29 is 13.2 Å². The molecule has 0 aliphatic carbocycles. The molecule has 1 atom stereocenters. The molecule has 1 unspecified atom stereocenters. The first kappa shape index (κ1) is 19.7. The smallest absolute Gasteiger partial charge is 0.286 e. The Morgan fingerprint density at radius 3 is 2.45 bits per heavy atom. The summed E-state index contributed by atoms with van der Waals surface area (Å²) in [5.74, 6) is -0.387. The fraction of sp³-hybridized carbons (Fsp3) is 0.250. The maximum atomic E-state index is 12.9. The van der Waals surface area contributed by atoms with Crippen LogP contribution in [0.3, 0.4) is 0 Å². The zero-order valence-electron chi connectivity index (χ0n) is 15.6. The van der Waals surface area contributed by atoms with E-state index in [-0.39, 0.29) is 16.8 Å². The zero-order valence-corrected chi connectivity index (χ0v) is 17.2. The molecule has 29 heavy (non-hydrogen) atoms. The number of carbonyl (C=O) groups is 1. The van der Waals surface area contributed by atoms with Gasteiger partial charge in [-0.2, -0.15) is 4.31 Å². The Labute approximate surface area is 173 Å². The highest BCUT2D eigenvalue weighted by Crippen LogP contribution is 2.32. The van der Waals surface area contributed by atoms with Crippen LogP contribution in [0.5, 0.6) is 0 Å². The van der Waals surface area contributed by atoms with E-state index in [4.69, 9.17) is 0 Å². The van der Waals surface area contributed by atoms with Crippen LogP contribution in [-0.4, -0.2) is 41.9 Å². The SMILES string of the molecule is O=C(Nc1ccccc1)c1nnc(C2CCCN(S(=O)(=O)c3ccccc3)C2)s1. The van der Waals surface area contributed by atoms with Gasteiger partial charge >= 0.3 is 0 Å². The quantitative estimate of drug-likeness (QED) is 0.673. The molecule has 2 aromatic carbocycles. The van der Waals surface area contributed by atoms with Gasteiger partial charge in [0.2, 0.25) is 15.0 Å². The van der Waals surface area contributed by atoms with Gasteiger partial charge in [0.25, 0.3) is 5.91 Å². The maximum Gasteiger partial charge on any atom is 0.286 e. The van der Waals surface area contributed by atoms with E-state index in [9.17, 15) is 13.2 Å². The lowest BCUT2D eigenvalue weighted by atomic mass is 10.0. The molecule has 1 fully saturated rings. The summed E-state index contributed by atoms with van der Waals surface area (Å²) in [6, 6.07) is 17.6. The van der Waals surface area contributed by atoms with Gasteiger partial charge in [-0.05, 0) is 37.1 Å². The number of hydrogen-bond acceptors (Lipinski definition) is 6. The molecule has 9 heteroatoms. The first-order valence-electron chi connectivity index (χ1n) is 9.29. The number of hydrogen-bond donors (Lipinski definition) is 1. The lowest BCUT2D eigenvalue weighted by Crippen LogP contribution is -2.39. The van der Waals surface area contributed by atoms with E-state index in [2.05, 4.69) is 15.5 Å². The van der Waals surface area contributed by atoms with Crippen LogP contribution in [-0.2, 0) is 10.0 Å². The molecule has 1 aliphatic heterocycles. The molecule has 150 valence electrons. The first-order valence-corrected chi connectivity index (χ1v) is 11.5. The summed E-state index contributed by atoms with van der Waals surface area (Å²) in [7, 11) is -3.54. The summed E-state index contributed by atoms with van der Waals surface area (Å²) in [6.07, 6.45) is 1.55. The molecule has 1 amide bonds. The number of piperidine rings is 1. The standard InChI is InChI=1S/C20H20N4O3S2/c25-18(21-16-9-3-1-4-10-16)20-23-22-19(28-20)15-8-7-13-24(14-15)29(26,27)17-11-5-2-6-12-17/h1-6,9-12,15H,7-8,13-14H2,(H,21,25). The van der Waals surface area contributed by atoms with Crippen molar-refractivity contribution >= 4 is 33.0 Å². The number of nitrogens with zero attached hydrogens (tertiary/aromatic N) is 3. The van der Waals surface area contributed by atoms with Crippen molar-refractivity contribution in [2.45, 2.75) is 23.7 Å². The highest BCUT2D eigenvalue weighted by Gasteiger charge is 2.32. The summed E-state index contributed by atoms with van der Waals surface area (Å²) in [4.78, 5) is 12.7. The molecule has 3 aromatic rings. The van der Waals surface area contributed by atoms with Crippen molar-refractivity contribution in [2.75, 3.05) is 18.4 Å². The fourth-order valence-corrected chi connectivity index (χ4v) is 5.71. The number of anilines is 1. The van der Waals surface area contributed by atoms with E-state index >= 15 is 0 Å². The van der Waals surface area contributed by atoms with E-state index in [1.54, 1.807) is 42.5 Å². The molecule has 7 nitrogen and oxygen atoms in total. The minimum atomic E-state index is -3.54. The van der Waals surface area contributed by atoms with Crippen LogP contribution < -0.4 is 5.32 Å². The minimum Gasteiger partial charge on any atom is -0.320 e. The summed E-state index contributed by atoms with van der Waals surface area (Å²) >= 11 is 1.22. The van der Waals surface area contributed by atoms with Crippen molar-refractivity contribution in [2.24, 2.45) is 0 Å². The number of carbonyl (C=O) groups excluding carboxylic acids is 1. The third kappa shape index (κ3) is 4.36. The normalized spacial score (nSPS) is 17.7. The summed E-state index contributed by atoms with van der Waals surface area (Å²) < 4.78 is 27.3. The van der Waals surface area contributed by atoms with Crippen LogP contribution in [0.15, 0.2) is 65.6 Å². The van der Waals surface area contributed by atoms with Crippen molar-refractivity contribution in [3.05, 3.63) is 70.7 Å². The number of rotatable bonds is 5. The minimum absolute atomic E-state index is 0.0713. The van der Waals surface area contributed by atoms with Gasteiger partial charge < -0.3 is 5.32 Å². The number of sulfonamides is 1. The summed E-state index contributed by atoms with van der Waals surface area (Å²) in [5.41, 5.74) is 0.687. The Hall–Kier alpha value is -2.62. The number of aromatic nitrogens is 2. The fourth-order valence-electron chi connectivity index (χ4n) is 3.30. The predicted molar refractivity (Wildman–Crippen MR) is 111 cm³/mol. The van der Waals surface area contributed by atoms with Crippen molar-refractivity contribution in [3.63, 3.8) is 0 Å². The van der Waals surface area contributed by atoms with Gasteiger partial charge in [0.1, 0.15) is 5.01 Å². The van der Waals surface area contributed by atoms with E-state index in [0.717, 1.165) is 12.8 Å². The van der Waals surface area contributed by atoms with Crippen molar-refractivity contribution in [1.29, 1.82) is 0 Å². The Kier molecular flexibility index (Phi) is 5.70. The van der Waals surface area contributed by atoms with Gasteiger partial charge in [-0.15, -0.1) is 10.2 Å². The van der Waals surface area contributed by atoms with E-state index in [1.807, 2.05) is 18.2 Å². The highest BCUT2D eigenvalue weighted by molar-refractivity contribution is 7.89. The van der Waals surface area contributed by atoms with Gasteiger partial charge in [-0.1, -0.05) is 47.7 Å². The van der Waals surface area contributed by atoms with Crippen LogP contribution in [0.25, 0.3) is 0 Å². The van der Waals surface area contributed by atoms with E-state index < -0.39 is 10.0 Å². The molecule has 2 heterocycles. The van der Waals surface area contributed by atoms with Crippen LogP contribution in [0.1, 0.15) is 33.6 Å². The Bertz CT molecular complexity index is 1090. The van der Waals surface area contributed by atoms with Crippen LogP contribution in [0.2, 0.25) is 0 Å². The number of amides is 1. The summed E-state index contributed by atoms with van der Waals surface area (Å²) in [5, 5.41) is 12.0. The number of para-hydroxylation sites is 1. The van der Waals surface area contributed by atoms with E-state index in [1.165, 1.54) is 15.6 Å². The second kappa shape index (κ2) is 8.40. The molecule has 0 saturated carbocycles. The zero-order chi connectivity index (χ0) is 20.3. The molecule has 1 N–H and O–H groups in total. The largest absolute Gasteiger partial charge is 0.320 e. The van der Waals surface area contributed by atoms with Crippen molar-refractivity contribution in [3.8, 4) is 0 Å². The Morgan fingerprint density at radius 2 is 1.72 bits per heavy atom. The number of nitrogens with one attached hydrogen (secondary N) is 1. The van der Waals surface area contributed by atoms with Crippen LogP contribution in [0, 0.1) is 0 Å². The molecule has 1 aromatic heterocycles. The maximum absolute atomic E-state index is 12.9. The third-order valence-corrected chi connectivity index (χ3v) is 7.74. The average Bonchev–Trinajstić information content (AvgIpc) is 3.26. The molecular weight excluding hydrogens is 408 g/mol. The van der Waals surface area contributed by atoms with Gasteiger partial charge in [0.15, 0.2) is 0 Å². The van der Waals surface area contributed by atoms with Gasteiger partial charge in [0.05, 0.1) is 4.90 Å². The predicted octanol–water partition coefficient (Wildman–Crippen LogP) is 3.36. The third-order valence-electron chi connectivity index (χ3n) is 4.78. The van der Waals surface area contributed by atoms with Gasteiger partial charge in [-0.3, -0.25) is 4.79 Å². The number of benzene rings is 2. The second-order valence-electron chi connectivity index (χ2n) is 6.78. The van der Waals surface area contributed by atoms with Crippen LogP contribution >= 0.6 is 11.3 Å². The second-order valence-corrected chi connectivity index (χ2v) is 9.73. The van der Waals surface area contributed by atoms with Crippen molar-refractivity contribution in [1.82, 2.24) is 14.5 Å². The van der Waals surface area contributed by atoms with E-state index in [0.29, 0.717) is 28.7 Å². The van der Waals surface area contributed by atoms with Crippen LogP contribution in [0.4, 0.5) is 5.69 Å². The molecule has 1 aliphatic rings. The Morgan fingerprint density at radius 1 is 1.03 bits per heavy atom. The van der Waals surface area contributed by atoms with Gasteiger partial charge in [0, 0.05) is 24.7 Å². The molecule has 4 rings (SSSR count). The molecular formula is C20H20N4O3S2. The molecule has 0 bridgehead atoms. The molecule has 1 saturated heterocycles. The lowest BCUT2D eigenvalue weighted by molar-refractivity contribution is 0.102. The average molecular weight is 429 g/mol. The summed E-state index contributed by atoms with van der Waals surface area (Å²) in [6.45, 7) is 0.819.